The summed E-state index contributed by atoms with van der Waals surface area (Å²) in [6, 6.07) is 2.84. The number of aliphatic hydroxyl groups excluding tert-OH is 1. The molecule has 0 spiro atoms. The van der Waals surface area contributed by atoms with Crippen LogP contribution in [0, 0.1) is 6.92 Å². The predicted octanol–water partition coefficient (Wildman–Crippen LogP) is 0.239. The number of phenolic OH excluding ortho intramolecular Hbond substituents is 1. The van der Waals surface area contributed by atoms with Gasteiger partial charge in [0.05, 0.1) is 7.11 Å². The minimum Gasteiger partial charge on any atom is -0.507 e. The van der Waals surface area contributed by atoms with Crippen molar-refractivity contribution in [3.63, 3.8) is 0 Å². The van der Waals surface area contributed by atoms with Crippen LogP contribution in [-0.2, 0) is 9.53 Å². The van der Waals surface area contributed by atoms with Crippen LogP contribution in [0.15, 0.2) is 24.0 Å². The number of methoxy groups -OCH3 is 1. The van der Waals surface area contributed by atoms with Gasteiger partial charge in [-0.1, -0.05) is 0 Å². The number of carbonyl (C=O) groups is 2. The Morgan fingerprint density at radius 2 is 1.96 bits per heavy atom. The third-order valence-corrected chi connectivity index (χ3v) is 4.46. The Morgan fingerprint density at radius 3 is 2.57 bits per heavy atom. The third kappa shape index (κ3) is 1.71. The summed E-state index contributed by atoms with van der Waals surface area (Å²) in [4.78, 5) is 24.9. The number of ketones is 2. The van der Waals surface area contributed by atoms with Gasteiger partial charge < -0.3 is 24.8 Å². The molecule has 3 atom stereocenters. The molecule has 3 N–H and O–H groups in total. The molecule has 0 fully saturated rings. The van der Waals surface area contributed by atoms with Crippen LogP contribution in [0.4, 0.5) is 0 Å². The van der Waals surface area contributed by atoms with Crippen molar-refractivity contribution in [1.82, 2.24) is 0 Å². The molecule has 7 nitrogen and oxygen atoms in total. The largest absolute Gasteiger partial charge is 0.507 e. The summed E-state index contributed by atoms with van der Waals surface area (Å²) in [6.45, 7) is 2.93. The average molecular weight is 320 g/mol. The predicted molar refractivity (Wildman–Crippen MR) is 77.3 cm³/mol. The van der Waals surface area contributed by atoms with E-state index in [0.717, 1.165) is 6.08 Å². The Hall–Kier alpha value is -2.38. The van der Waals surface area contributed by atoms with E-state index in [9.17, 15) is 24.9 Å². The highest BCUT2D eigenvalue weighted by molar-refractivity contribution is 6.13. The van der Waals surface area contributed by atoms with Crippen LogP contribution in [0.25, 0.3) is 0 Å². The molecule has 0 aromatic heterocycles. The van der Waals surface area contributed by atoms with E-state index >= 15 is 0 Å². The Bertz CT molecular complexity index is 766. The van der Waals surface area contributed by atoms with Crippen LogP contribution in [0.5, 0.6) is 11.5 Å². The highest BCUT2D eigenvalue weighted by atomic mass is 16.6. The number of carbonyl (C=O) groups excluding carboxylic acids is 2. The minimum atomic E-state index is -2.44. The Labute approximate surface area is 131 Å². The van der Waals surface area contributed by atoms with Crippen LogP contribution in [0.1, 0.15) is 22.8 Å². The van der Waals surface area contributed by atoms with Crippen molar-refractivity contribution in [3.05, 3.63) is 35.1 Å². The Balaban J connectivity index is 2.34. The van der Waals surface area contributed by atoms with E-state index in [1.807, 2.05) is 0 Å². The standard InChI is InChI=1S/C16H16O7/c1-7-4-8(17)12-10(5-7)23-15(2)13(19)9(18)6-11(22-3)16(15,21)14(12)20/h4-6,13,17,19,21H,1-3H3. The number of fused-ring (bicyclic) bond motifs is 2. The molecule has 0 saturated carbocycles. The van der Waals surface area contributed by atoms with Gasteiger partial charge in [0.15, 0.2) is 17.5 Å². The fourth-order valence-electron chi connectivity index (χ4n) is 3.15. The number of aryl methyl sites for hydroxylation is 1. The van der Waals surface area contributed by atoms with Gasteiger partial charge in [-0.25, -0.2) is 0 Å². The minimum absolute atomic E-state index is 0.0103. The number of phenols is 1. The molecule has 3 unspecified atom stereocenters. The number of benzene rings is 1. The van der Waals surface area contributed by atoms with Gasteiger partial charge in [-0.2, -0.15) is 0 Å². The van der Waals surface area contributed by atoms with Gasteiger partial charge in [0.25, 0.3) is 0 Å². The molecule has 3 rings (SSSR count). The van der Waals surface area contributed by atoms with Gasteiger partial charge >= 0.3 is 0 Å². The summed E-state index contributed by atoms with van der Waals surface area (Å²) in [5, 5.41) is 31.3. The normalized spacial score (nSPS) is 32.6. The SMILES string of the molecule is COC1=CC(=O)C(O)C2(C)Oc3cc(C)cc(O)c3C(=O)C12O. The summed E-state index contributed by atoms with van der Waals surface area (Å²) in [6.07, 6.45) is -0.907. The molecule has 1 aromatic rings. The van der Waals surface area contributed by atoms with Crippen molar-refractivity contribution < 1.29 is 34.4 Å². The van der Waals surface area contributed by atoms with E-state index < -0.39 is 28.9 Å². The van der Waals surface area contributed by atoms with Crippen molar-refractivity contribution in [1.29, 1.82) is 0 Å². The van der Waals surface area contributed by atoms with Gasteiger partial charge in [-0.05, 0) is 31.5 Å². The Morgan fingerprint density at radius 1 is 1.30 bits per heavy atom. The van der Waals surface area contributed by atoms with E-state index in [-0.39, 0.29) is 22.8 Å². The van der Waals surface area contributed by atoms with E-state index in [0.29, 0.717) is 5.56 Å². The number of Topliss-reactive ketones (excluding diaryl/α,β-unsaturated/α-hetero) is 1. The first-order chi connectivity index (χ1) is 10.7. The lowest BCUT2D eigenvalue weighted by molar-refractivity contribution is -0.173. The molecule has 122 valence electrons. The van der Waals surface area contributed by atoms with Crippen LogP contribution in [0.2, 0.25) is 0 Å². The molecule has 0 saturated heterocycles. The zero-order chi connectivity index (χ0) is 17.2. The average Bonchev–Trinajstić information content (AvgIpc) is 2.47. The van der Waals surface area contributed by atoms with E-state index in [1.165, 1.54) is 26.2 Å². The molecule has 7 heteroatoms. The highest BCUT2D eigenvalue weighted by Crippen LogP contribution is 2.49. The van der Waals surface area contributed by atoms with Gasteiger partial charge in [0.1, 0.15) is 22.8 Å². The summed E-state index contributed by atoms with van der Waals surface area (Å²) in [7, 11) is 1.19. The molecule has 1 heterocycles. The van der Waals surface area contributed by atoms with Gasteiger partial charge in [-0.15, -0.1) is 0 Å². The fourth-order valence-corrected chi connectivity index (χ4v) is 3.15. The lowest BCUT2D eigenvalue weighted by atomic mass is 9.67. The second-order valence-corrected chi connectivity index (χ2v) is 5.92. The number of ether oxygens (including phenoxy) is 2. The number of hydrogen-bond donors (Lipinski definition) is 3. The maximum atomic E-state index is 12.9. The maximum Gasteiger partial charge on any atom is 0.228 e. The lowest BCUT2D eigenvalue weighted by Crippen LogP contribution is -2.72. The summed E-state index contributed by atoms with van der Waals surface area (Å²) < 4.78 is 10.6. The molecule has 1 aromatic carbocycles. The number of aliphatic hydroxyl groups is 2. The van der Waals surface area contributed by atoms with Crippen LogP contribution >= 0.6 is 0 Å². The first-order valence-corrected chi connectivity index (χ1v) is 6.94. The second-order valence-electron chi connectivity index (χ2n) is 5.92. The van der Waals surface area contributed by atoms with Crippen molar-refractivity contribution in [2.75, 3.05) is 7.11 Å². The molecule has 23 heavy (non-hydrogen) atoms. The number of aromatic hydroxyl groups is 1. The van der Waals surface area contributed by atoms with Crippen molar-refractivity contribution in [2.24, 2.45) is 0 Å². The number of hydrogen-bond acceptors (Lipinski definition) is 7. The molecule has 0 amide bonds. The topological polar surface area (TPSA) is 113 Å². The van der Waals surface area contributed by atoms with Crippen molar-refractivity contribution in [2.45, 2.75) is 31.2 Å². The molecule has 0 bridgehead atoms. The molecule has 0 radical (unpaired) electrons. The summed E-state index contributed by atoms with van der Waals surface area (Å²) in [5.74, 6) is -2.36. The van der Waals surface area contributed by atoms with E-state index in [4.69, 9.17) is 9.47 Å². The fraction of sp³-hybridized carbons (Fsp3) is 0.375. The molecular formula is C16H16O7. The van der Waals surface area contributed by atoms with E-state index in [2.05, 4.69) is 0 Å². The van der Waals surface area contributed by atoms with Crippen molar-refractivity contribution in [3.8, 4) is 11.5 Å². The van der Waals surface area contributed by atoms with Crippen molar-refractivity contribution >= 4 is 11.6 Å². The summed E-state index contributed by atoms with van der Waals surface area (Å²) in [5.41, 5.74) is -4.02. The van der Waals surface area contributed by atoms with Gasteiger partial charge in [0, 0.05) is 6.08 Å². The van der Waals surface area contributed by atoms with Gasteiger partial charge in [0.2, 0.25) is 11.4 Å². The first-order valence-electron chi connectivity index (χ1n) is 6.94. The molecule has 1 aliphatic carbocycles. The maximum absolute atomic E-state index is 12.9. The number of rotatable bonds is 1. The zero-order valence-electron chi connectivity index (χ0n) is 12.8. The van der Waals surface area contributed by atoms with Crippen LogP contribution in [-0.4, -0.2) is 51.3 Å². The second kappa shape index (κ2) is 4.56. The molecule has 2 aliphatic rings. The molecule has 1 aliphatic heterocycles. The van der Waals surface area contributed by atoms with Gasteiger partial charge in [-0.3, -0.25) is 9.59 Å². The monoisotopic (exact) mass is 320 g/mol. The first kappa shape index (κ1) is 15.5. The Kier molecular flexibility index (Phi) is 3.08. The van der Waals surface area contributed by atoms with E-state index in [1.54, 1.807) is 6.92 Å². The molecular weight excluding hydrogens is 304 g/mol. The smallest absolute Gasteiger partial charge is 0.228 e. The van der Waals surface area contributed by atoms with Crippen LogP contribution in [0.3, 0.4) is 0 Å². The summed E-state index contributed by atoms with van der Waals surface area (Å²) >= 11 is 0. The van der Waals surface area contributed by atoms with Crippen LogP contribution < -0.4 is 4.74 Å². The zero-order valence-corrected chi connectivity index (χ0v) is 12.8. The third-order valence-electron chi connectivity index (χ3n) is 4.46. The highest BCUT2D eigenvalue weighted by Gasteiger charge is 2.68. The lowest BCUT2D eigenvalue weighted by Gasteiger charge is -2.50. The quantitative estimate of drug-likeness (QED) is 0.679.